The second kappa shape index (κ2) is 8.20. The summed E-state index contributed by atoms with van der Waals surface area (Å²) in [5, 5.41) is 2.97. The molecule has 18 heavy (non-hydrogen) atoms. The molecule has 0 radical (unpaired) electrons. The van der Waals surface area contributed by atoms with Gasteiger partial charge in [0.15, 0.2) is 0 Å². The van der Waals surface area contributed by atoms with Crippen molar-refractivity contribution in [3.05, 3.63) is 0 Å². The Morgan fingerprint density at radius 2 is 1.61 bits per heavy atom. The zero-order valence-corrected chi connectivity index (χ0v) is 14.2. The minimum Gasteiger partial charge on any atom is -0.351 e. The quantitative estimate of drug-likeness (QED) is 0.812. The van der Waals surface area contributed by atoms with Crippen LogP contribution in [0.4, 0.5) is 0 Å². The average Bonchev–Trinajstić information content (AvgIpc) is 1.99. The normalized spacial score (nSPS) is 13.4. The number of amides is 1. The molecule has 1 unspecified atom stereocenters. The Bertz CT molecular complexity index is 250. The van der Waals surface area contributed by atoms with Crippen LogP contribution in [0.15, 0.2) is 0 Å². The van der Waals surface area contributed by atoms with Gasteiger partial charge in [-0.05, 0) is 40.3 Å². The number of hydrogen-bond donors (Lipinski definition) is 2. The Hall–Kier alpha value is -0.0300. The Kier molecular flexibility index (Phi) is 10.5. The molecular weight excluding hydrogens is 273 g/mol. The molecule has 1 amide bonds. The first-order chi connectivity index (χ1) is 6.97. The molecular formula is C12H29Cl2N3O. The number of halogens is 2. The van der Waals surface area contributed by atoms with Crippen LogP contribution in [0.5, 0.6) is 0 Å². The molecule has 0 spiro atoms. The van der Waals surface area contributed by atoms with Crippen molar-refractivity contribution in [1.29, 1.82) is 0 Å². The molecule has 0 aromatic heterocycles. The van der Waals surface area contributed by atoms with Crippen LogP contribution in [-0.4, -0.2) is 43.0 Å². The third-order valence-corrected chi connectivity index (χ3v) is 2.83. The highest BCUT2D eigenvalue weighted by molar-refractivity contribution is 5.86. The zero-order chi connectivity index (χ0) is 13.1. The third kappa shape index (κ3) is 8.14. The van der Waals surface area contributed by atoms with Crippen LogP contribution in [0.2, 0.25) is 0 Å². The Morgan fingerprint density at radius 1 is 1.22 bits per heavy atom. The summed E-state index contributed by atoms with van der Waals surface area (Å²) in [5.74, 6) is -0.105. The minimum atomic E-state index is -0.817. The maximum absolute atomic E-state index is 11.8. The van der Waals surface area contributed by atoms with Gasteiger partial charge < -0.3 is 16.0 Å². The van der Waals surface area contributed by atoms with Gasteiger partial charge in [-0.15, -0.1) is 24.8 Å². The molecule has 0 aliphatic heterocycles. The summed E-state index contributed by atoms with van der Waals surface area (Å²) in [6.45, 7) is 10.7. The number of carbonyl (C=O) groups excluding carboxylic acids is 1. The van der Waals surface area contributed by atoms with Crippen molar-refractivity contribution in [2.75, 3.05) is 20.6 Å². The molecule has 0 aromatic carbocycles. The fourth-order valence-electron chi connectivity index (χ4n) is 1.53. The van der Waals surface area contributed by atoms with E-state index in [1.165, 1.54) is 0 Å². The molecule has 0 saturated carbocycles. The smallest absolute Gasteiger partial charge is 0.239 e. The molecule has 0 rings (SSSR count). The molecule has 0 saturated heterocycles. The molecule has 6 heteroatoms. The predicted molar refractivity (Wildman–Crippen MR) is 82.7 cm³/mol. The third-order valence-electron chi connectivity index (χ3n) is 2.83. The summed E-state index contributed by atoms with van der Waals surface area (Å²) in [4.78, 5) is 13.9. The fourth-order valence-corrected chi connectivity index (χ4v) is 1.53. The molecule has 4 nitrogen and oxygen atoms in total. The summed E-state index contributed by atoms with van der Waals surface area (Å²) < 4.78 is 0. The van der Waals surface area contributed by atoms with Crippen LogP contribution < -0.4 is 11.1 Å². The van der Waals surface area contributed by atoms with Crippen LogP contribution in [-0.2, 0) is 4.79 Å². The van der Waals surface area contributed by atoms with E-state index in [-0.39, 0.29) is 42.2 Å². The molecule has 0 bridgehead atoms. The first kappa shape index (κ1) is 23.1. The van der Waals surface area contributed by atoms with Gasteiger partial charge in [-0.1, -0.05) is 13.8 Å². The molecule has 1 atom stereocenters. The zero-order valence-electron chi connectivity index (χ0n) is 12.5. The van der Waals surface area contributed by atoms with Crippen molar-refractivity contribution in [3.8, 4) is 0 Å². The second-order valence-electron chi connectivity index (χ2n) is 6.14. The van der Waals surface area contributed by atoms with Crippen LogP contribution in [0.1, 0.15) is 34.6 Å². The molecule has 0 aliphatic rings. The number of rotatable bonds is 5. The van der Waals surface area contributed by atoms with Crippen molar-refractivity contribution < 1.29 is 4.79 Å². The van der Waals surface area contributed by atoms with Crippen LogP contribution in [0, 0.1) is 5.41 Å². The van der Waals surface area contributed by atoms with Crippen molar-refractivity contribution in [3.63, 3.8) is 0 Å². The van der Waals surface area contributed by atoms with Crippen LogP contribution in [0.25, 0.3) is 0 Å². The van der Waals surface area contributed by atoms with E-state index in [0.29, 0.717) is 0 Å². The highest BCUT2D eigenvalue weighted by Crippen LogP contribution is 2.21. The van der Waals surface area contributed by atoms with Crippen molar-refractivity contribution in [1.82, 2.24) is 10.2 Å². The summed E-state index contributed by atoms with van der Waals surface area (Å²) in [5.41, 5.74) is 4.95. The lowest BCUT2D eigenvalue weighted by molar-refractivity contribution is -0.126. The number of nitrogens with zero attached hydrogens (tertiary/aromatic N) is 1. The molecule has 0 heterocycles. The molecule has 0 fully saturated rings. The van der Waals surface area contributed by atoms with E-state index >= 15 is 0 Å². The summed E-state index contributed by atoms with van der Waals surface area (Å²) >= 11 is 0. The number of nitrogens with two attached hydrogens (primary N) is 1. The lowest BCUT2D eigenvalue weighted by Gasteiger charge is -2.36. The Labute approximate surface area is 124 Å². The SMILES string of the molecule is CC(NC(=O)C(C)(C)N)C(C)(C)CN(C)C.Cl.Cl. The van der Waals surface area contributed by atoms with Gasteiger partial charge in [0, 0.05) is 12.6 Å². The van der Waals surface area contributed by atoms with Gasteiger partial charge in [0.2, 0.25) is 5.91 Å². The number of nitrogens with one attached hydrogen (secondary N) is 1. The van der Waals surface area contributed by atoms with Gasteiger partial charge in [0.05, 0.1) is 5.54 Å². The summed E-state index contributed by atoms with van der Waals surface area (Å²) in [7, 11) is 4.06. The molecule has 112 valence electrons. The topological polar surface area (TPSA) is 58.4 Å². The lowest BCUT2D eigenvalue weighted by atomic mass is 9.84. The minimum absolute atomic E-state index is 0. The fraction of sp³-hybridized carbons (Fsp3) is 0.917. The monoisotopic (exact) mass is 301 g/mol. The van der Waals surface area contributed by atoms with E-state index in [9.17, 15) is 4.79 Å². The molecule has 0 aromatic rings. The average molecular weight is 302 g/mol. The van der Waals surface area contributed by atoms with Crippen molar-refractivity contribution >= 4 is 30.7 Å². The van der Waals surface area contributed by atoms with E-state index in [1.807, 2.05) is 21.0 Å². The lowest BCUT2D eigenvalue weighted by Crippen LogP contribution is -2.55. The molecule has 0 aliphatic carbocycles. The van der Waals surface area contributed by atoms with Crippen LogP contribution in [0.3, 0.4) is 0 Å². The van der Waals surface area contributed by atoms with Gasteiger partial charge in [-0.3, -0.25) is 4.79 Å². The van der Waals surface area contributed by atoms with E-state index in [2.05, 4.69) is 24.1 Å². The van der Waals surface area contributed by atoms with Gasteiger partial charge in [0.1, 0.15) is 0 Å². The van der Waals surface area contributed by atoms with Gasteiger partial charge in [-0.25, -0.2) is 0 Å². The van der Waals surface area contributed by atoms with Gasteiger partial charge in [-0.2, -0.15) is 0 Å². The summed E-state index contributed by atoms with van der Waals surface area (Å²) in [6.07, 6.45) is 0. The Balaban J connectivity index is -0.00000112. The largest absolute Gasteiger partial charge is 0.351 e. The number of hydrogen-bond acceptors (Lipinski definition) is 3. The Morgan fingerprint density at radius 3 is 1.89 bits per heavy atom. The first-order valence-corrected chi connectivity index (χ1v) is 5.71. The van der Waals surface area contributed by atoms with E-state index < -0.39 is 5.54 Å². The predicted octanol–water partition coefficient (Wildman–Crippen LogP) is 1.66. The standard InChI is InChI=1S/C12H27N3O.2ClH/c1-9(11(2,3)8-15(6)7)14-10(16)12(4,5)13;;/h9H,8,13H2,1-7H3,(H,14,16);2*1H. The second-order valence-corrected chi connectivity index (χ2v) is 6.14. The van der Waals surface area contributed by atoms with Gasteiger partial charge >= 0.3 is 0 Å². The van der Waals surface area contributed by atoms with Gasteiger partial charge in [0.25, 0.3) is 0 Å². The van der Waals surface area contributed by atoms with E-state index in [4.69, 9.17) is 5.73 Å². The molecule has 3 N–H and O–H groups in total. The van der Waals surface area contributed by atoms with E-state index in [0.717, 1.165) is 6.54 Å². The highest BCUT2D eigenvalue weighted by Gasteiger charge is 2.31. The van der Waals surface area contributed by atoms with Crippen LogP contribution >= 0.6 is 24.8 Å². The van der Waals surface area contributed by atoms with E-state index in [1.54, 1.807) is 13.8 Å². The highest BCUT2D eigenvalue weighted by atomic mass is 35.5. The first-order valence-electron chi connectivity index (χ1n) is 5.71. The number of carbonyl (C=O) groups is 1. The maximum Gasteiger partial charge on any atom is 0.239 e. The van der Waals surface area contributed by atoms with Crippen molar-refractivity contribution in [2.45, 2.75) is 46.2 Å². The summed E-state index contributed by atoms with van der Waals surface area (Å²) in [6, 6.07) is 0.0882. The maximum atomic E-state index is 11.8. The van der Waals surface area contributed by atoms with Crippen molar-refractivity contribution in [2.24, 2.45) is 11.1 Å².